The van der Waals surface area contributed by atoms with Gasteiger partial charge in [-0.2, -0.15) is 0 Å². The van der Waals surface area contributed by atoms with Gasteiger partial charge in [0.25, 0.3) is 0 Å². The Hall–Kier alpha value is -1.20. The highest BCUT2D eigenvalue weighted by molar-refractivity contribution is 7.78. The van der Waals surface area contributed by atoms with E-state index in [-0.39, 0.29) is 25.2 Å². The van der Waals surface area contributed by atoms with E-state index in [1.807, 2.05) is 6.07 Å². The van der Waals surface area contributed by atoms with Crippen molar-refractivity contribution >= 4 is 18.8 Å². The van der Waals surface area contributed by atoms with Gasteiger partial charge in [0, 0.05) is 6.04 Å². The second-order valence-electron chi connectivity index (χ2n) is 4.50. The van der Waals surface area contributed by atoms with Crippen LogP contribution in [0.4, 0.5) is 4.79 Å². The summed E-state index contributed by atoms with van der Waals surface area (Å²) in [5.74, 6) is 0. The van der Waals surface area contributed by atoms with E-state index in [0.29, 0.717) is 0 Å². The topological polar surface area (TPSA) is 52.6 Å². The second kappa shape index (κ2) is 6.11. The molecular formula is C13H18N2O2S. The lowest BCUT2D eigenvalue weighted by atomic mass is 9.88. The van der Waals surface area contributed by atoms with Crippen LogP contribution in [0.1, 0.15) is 17.5 Å². The van der Waals surface area contributed by atoms with E-state index in [4.69, 9.17) is 5.11 Å². The zero-order chi connectivity index (χ0) is 13.0. The van der Waals surface area contributed by atoms with Crippen LogP contribution in [0.15, 0.2) is 24.3 Å². The molecule has 2 amide bonds. The summed E-state index contributed by atoms with van der Waals surface area (Å²) in [5.41, 5.74) is 2.68. The molecule has 0 aromatic heterocycles. The van der Waals surface area contributed by atoms with Crippen LogP contribution in [-0.2, 0) is 12.8 Å². The third kappa shape index (κ3) is 3.17. The highest BCUT2D eigenvalue weighted by Crippen LogP contribution is 2.21. The maximum atomic E-state index is 11.7. The molecule has 0 fully saturated rings. The maximum Gasteiger partial charge on any atom is 0.327 e. The van der Waals surface area contributed by atoms with Crippen molar-refractivity contribution in [3.05, 3.63) is 35.4 Å². The number of urea groups is 1. The normalized spacial score (nSPS) is 18.0. The quantitative estimate of drug-likeness (QED) is 0.724. The van der Waals surface area contributed by atoms with Crippen molar-refractivity contribution in [2.24, 2.45) is 0 Å². The Morgan fingerprint density at radius 1 is 1.44 bits per heavy atom. The highest BCUT2D eigenvalue weighted by atomic mass is 32.1. The van der Waals surface area contributed by atoms with Crippen LogP contribution in [0.25, 0.3) is 0 Å². The number of benzene rings is 1. The third-order valence-electron chi connectivity index (χ3n) is 3.22. The van der Waals surface area contributed by atoms with Crippen LogP contribution in [0.2, 0.25) is 0 Å². The molecule has 0 saturated carbocycles. The molecule has 1 aromatic carbocycles. The molecule has 0 spiro atoms. The van der Waals surface area contributed by atoms with Crippen LogP contribution in [0, 0.1) is 0 Å². The Morgan fingerprint density at radius 3 is 2.89 bits per heavy atom. The van der Waals surface area contributed by atoms with Gasteiger partial charge in [-0.05, 0) is 30.4 Å². The predicted molar refractivity (Wildman–Crippen MR) is 73.6 cm³/mol. The molecule has 1 aliphatic carbocycles. The van der Waals surface area contributed by atoms with E-state index in [2.05, 4.69) is 36.3 Å². The number of hydrogen-bond donors (Lipinski definition) is 3. The lowest BCUT2D eigenvalue weighted by molar-refractivity contribution is 0.209. The van der Waals surface area contributed by atoms with E-state index >= 15 is 0 Å². The second-order valence-corrected chi connectivity index (χ2v) is 4.99. The summed E-state index contributed by atoms with van der Waals surface area (Å²) in [4.78, 5) is 11.7. The summed E-state index contributed by atoms with van der Waals surface area (Å²) in [6, 6.07) is 8.25. The van der Waals surface area contributed by atoms with Gasteiger partial charge >= 0.3 is 6.03 Å². The standard InChI is InChI=1S/C13H18N2O2S/c16-8-7-15(18)13(17)14-12-6-5-10-3-1-2-4-11(10)9-12/h1-4,12,16,18H,5-9H2,(H,14,17). The Labute approximate surface area is 113 Å². The van der Waals surface area contributed by atoms with Crippen LogP contribution in [0.5, 0.6) is 0 Å². The molecule has 5 heteroatoms. The first-order valence-corrected chi connectivity index (χ1v) is 6.55. The fourth-order valence-corrected chi connectivity index (χ4v) is 2.41. The van der Waals surface area contributed by atoms with Crippen LogP contribution in [0.3, 0.4) is 0 Å². The average Bonchev–Trinajstić information content (AvgIpc) is 2.39. The van der Waals surface area contributed by atoms with Gasteiger partial charge in [-0.3, -0.25) is 4.31 Å². The van der Waals surface area contributed by atoms with Gasteiger partial charge in [0.1, 0.15) is 0 Å². The number of nitrogens with zero attached hydrogens (tertiary/aromatic N) is 1. The summed E-state index contributed by atoms with van der Waals surface area (Å²) in [5, 5.41) is 11.7. The van der Waals surface area contributed by atoms with Gasteiger partial charge in [-0.15, -0.1) is 0 Å². The number of carbonyl (C=O) groups excluding carboxylic acids is 1. The van der Waals surface area contributed by atoms with Gasteiger partial charge in [-0.25, -0.2) is 4.79 Å². The number of nitrogens with one attached hydrogen (secondary N) is 1. The minimum absolute atomic E-state index is 0.0789. The van der Waals surface area contributed by atoms with Crippen molar-refractivity contribution in [2.75, 3.05) is 13.2 Å². The molecular weight excluding hydrogens is 248 g/mol. The van der Waals surface area contributed by atoms with E-state index in [0.717, 1.165) is 19.3 Å². The maximum absolute atomic E-state index is 11.7. The van der Waals surface area contributed by atoms with Crippen LogP contribution >= 0.6 is 12.8 Å². The molecule has 4 nitrogen and oxygen atoms in total. The molecule has 0 aliphatic heterocycles. The molecule has 0 heterocycles. The number of carbonyl (C=O) groups is 1. The van der Waals surface area contributed by atoms with Crippen molar-refractivity contribution in [3.63, 3.8) is 0 Å². The Kier molecular flexibility index (Phi) is 4.49. The molecule has 2 rings (SSSR count). The first-order chi connectivity index (χ1) is 8.70. The number of aryl methyl sites for hydroxylation is 1. The SMILES string of the molecule is O=C(NC1CCc2ccccc2C1)N(S)CCO. The first-order valence-electron chi connectivity index (χ1n) is 6.15. The van der Waals surface area contributed by atoms with E-state index in [9.17, 15) is 4.79 Å². The molecule has 1 atom stereocenters. The summed E-state index contributed by atoms with van der Waals surface area (Å²) in [6.45, 7) is 0.155. The number of aliphatic hydroxyl groups excluding tert-OH is 1. The average molecular weight is 266 g/mol. The highest BCUT2D eigenvalue weighted by Gasteiger charge is 2.21. The Morgan fingerprint density at radius 2 is 2.17 bits per heavy atom. The lowest BCUT2D eigenvalue weighted by Gasteiger charge is -2.27. The van der Waals surface area contributed by atoms with Crippen LogP contribution in [-0.4, -0.2) is 34.6 Å². The summed E-state index contributed by atoms with van der Waals surface area (Å²) >= 11 is 4.02. The molecule has 2 N–H and O–H groups in total. The van der Waals surface area contributed by atoms with Crippen LogP contribution < -0.4 is 5.32 Å². The number of fused-ring (bicyclic) bond motifs is 1. The van der Waals surface area contributed by atoms with Crippen molar-refractivity contribution in [3.8, 4) is 0 Å². The lowest BCUT2D eigenvalue weighted by Crippen LogP contribution is -2.44. The van der Waals surface area contributed by atoms with E-state index < -0.39 is 0 Å². The fraction of sp³-hybridized carbons (Fsp3) is 0.462. The number of thiol groups is 1. The first kappa shape index (κ1) is 13.2. The molecule has 0 saturated heterocycles. The molecule has 0 bridgehead atoms. The minimum atomic E-state index is -0.239. The van der Waals surface area contributed by atoms with Gasteiger partial charge in [0.15, 0.2) is 0 Å². The largest absolute Gasteiger partial charge is 0.394 e. The fourth-order valence-electron chi connectivity index (χ4n) is 2.27. The third-order valence-corrected chi connectivity index (χ3v) is 3.60. The predicted octanol–water partition coefficient (Wildman–Crippen LogP) is 1.39. The summed E-state index contributed by atoms with van der Waals surface area (Å²) in [7, 11) is 0. The molecule has 0 radical (unpaired) electrons. The molecule has 1 aliphatic rings. The van der Waals surface area contributed by atoms with E-state index in [1.165, 1.54) is 15.4 Å². The summed E-state index contributed by atoms with van der Waals surface area (Å²) < 4.78 is 1.21. The number of rotatable bonds is 3. The minimum Gasteiger partial charge on any atom is -0.394 e. The zero-order valence-corrected chi connectivity index (χ0v) is 11.1. The Balaban J connectivity index is 1.92. The number of amides is 2. The zero-order valence-electron chi connectivity index (χ0n) is 10.2. The number of hydrogen-bond acceptors (Lipinski definition) is 3. The van der Waals surface area contributed by atoms with E-state index in [1.54, 1.807) is 0 Å². The molecule has 18 heavy (non-hydrogen) atoms. The monoisotopic (exact) mass is 266 g/mol. The van der Waals surface area contributed by atoms with Gasteiger partial charge in [-0.1, -0.05) is 37.1 Å². The smallest absolute Gasteiger partial charge is 0.327 e. The molecule has 1 unspecified atom stereocenters. The molecule has 98 valence electrons. The molecule has 1 aromatic rings. The Bertz CT molecular complexity index is 425. The van der Waals surface area contributed by atoms with Crippen molar-refractivity contribution in [1.29, 1.82) is 0 Å². The summed E-state index contributed by atoms with van der Waals surface area (Å²) in [6.07, 6.45) is 2.81. The van der Waals surface area contributed by atoms with Gasteiger partial charge in [0.2, 0.25) is 0 Å². The number of aliphatic hydroxyl groups is 1. The van der Waals surface area contributed by atoms with Crippen molar-refractivity contribution in [1.82, 2.24) is 9.62 Å². The van der Waals surface area contributed by atoms with Gasteiger partial charge in [0.05, 0.1) is 13.2 Å². The van der Waals surface area contributed by atoms with Gasteiger partial charge < -0.3 is 10.4 Å². The van der Waals surface area contributed by atoms with Crippen molar-refractivity contribution < 1.29 is 9.90 Å². The van der Waals surface area contributed by atoms with Crippen molar-refractivity contribution in [2.45, 2.75) is 25.3 Å².